The number of amides is 1. The second kappa shape index (κ2) is 10.8. The SMILES string of the molecule is COc1c(OC[C@](C)(O)CN2C[C@@H](C)O[C@@H](C)C2)ccc2c3n(c(=NC(=O)c4cnc(N)nc4)nc12)CCN3. The lowest BCUT2D eigenvalue weighted by Gasteiger charge is -2.38. The molecule has 13 heteroatoms. The van der Waals surface area contributed by atoms with E-state index in [1.165, 1.54) is 19.5 Å². The van der Waals surface area contributed by atoms with Crippen LogP contribution in [0, 0.1) is 0 Å². The fraction of sp³-hybridized carbons (Fsp3) is 0.500. The van der Waals surface area contributed by atoms with Crippen LogP contribution in [0.4, 0.5) is 11.8 Å². The number of anilines is 2. The summed E-state index contributed by atoms with van der Waals surface area (Å²) in [7, 11) is 1.53. The number of rotatable bonds is 7. The molecule has 13 nitrogen and oxygen atoms in total. The van der Waals surface area contributed by atoms with Gasteiger partial charge in [0.05, 0.1) is 24.9 Å². The number of nitrogens with one attached hydrogen (secondary N) is 1. The minimum Gasteiger partial charge on any atom is -0.491 e. The van der Waals surface area contributed by atoms with Gasteiger partial charge in [-0.1, -0.05) is 0 Å². The monoisotopic (exact) mass is 538 g/mol. The first-order chi connectivity index (χ1) is 18.6. The van der Waals surface area contributed by atoms with Crippen LogP contribution in [0.1, 0.15) is 31.1 Å². The number of nitrogens with two attached hydrogens (primary N) is 1. The van der Waals surface area contributed by atoms with Gasteiger partial charge in [0.2, 0.25) is 11.6 Å². The Morgan fingerprint density at radius 2 is 2.00 bits per heavy atom. The van der Waals surface area contributed by atoms with Crippen molar-refractivity contribution in [3.63, 3.8) is 0 Å². The molecule has 4 heterocycles. The molecule has 2 aliphatic heterocycles. The van der Waals surface area contributed by atoms with Crippen LogP contribution in [0.2, 0.25) is 0 Å². The van der Waals surface area contributed by atoms with Crippen molar-refractivity contribution < 1.29 is 24.1 Å². The van der Waals surface area contributed by atoms with Gasteiger partial charge in [-0.05, 0) is 32.9 Å². The van der Waals surface area contributed by atoms with Crippen molar-refractivity contribution in [3.8, 4) is 11.5 Å². The highest BCUT2D eigenvalue weighted by Crippen LogP contribution is 2.37. The maximum absolute atomic E-state index is 12.8. The van der Waals surface area contributed by atoms with E-state index in [9.17, 15) is 9.90 Å². The molecule has 2 aromatic heterocycles. The standard InChI is InChI=1S/C26H34N8O5/c1-15-11-33(12-16(2)39-15)13-26(3,36)14-38-19-6-5-18-20(21(19)37-4)31-25(34-8-7-28-22(18)34)32-23(35)17-9-29-24(27)30-10-17/h5-6,9-10,15-16,28,36H,7-8,11-14H2,1-4H3,(H2,27,29,30)/t15-,16+,26-/m1/s1. The predicted octanol–water partition coefficient (Wildman–Crippen LogP) is 0.823. The molecule has 208 valence electrons. The molecular weight excluding hydrogens is 504 g/mol. The zero-order valence-corrected chi connectivity index (χ0v) is 22.5. The van der Waals surface area contributed by atoms with Crippen LogP contribution in [-0.2, 0) is 11.3 Å². The minimum absolute atomic E-state index is 0.0415. The summed E-state index contributed by atoms with van der Waals surface area (Å²) in [5.74, 6) is 1.10. The Bertz CT molecular complexity index is 1430. The summed E-state index contributed by atoms with van der Waals surface area (Å²) in [6.07, 6.45) is 2.86. The van der Waals surface area contributed by atoms with E-state index in [-0.39, 0.29) is 35.9 Å². The largest absolute Gasteiger partial charge is 0.491 e. The second-order valence-corrected chi connectivity index (χ2v) is 10.3. The fourth-order valence-electron chi connectivity index (χ4n) is 5.12. The van der Waals surface area contributed by atoms with E-state index in [0.717, 1.165) is 24.3 Å². The van der Waals surface area contributed by atoms with Gasteiger partial charge >= 0.3 is 0 Å². The highest BCUT2D eigenvalue weighted by atomic mass is 16.5. The van der Waals surface area contributed by atoms with Crippen molar-refractivity contribution in [3.05, 3.63) is 35.7 Å². The lowest BCUT2D eigenvalue weighted by molar-refractivity contribution is -0.0952. The molecule has 0 saturated carbocycles. The predicted molar refractivity (Wildman–Crippen MR) is 144 cm³/mol. The molecule has 1 saturated heterocycles. The topological polar surface area (TPSA) is 162 Å². The lowest BCUT2D eigenvalue weighted by Crippen LogP contribution is -2.52. The zero-order chi connectivity index (χ0) is 27.7. The quantitative estimate of drug-likeness (QED) is 0.390. The number of nitrogens with zero attached hydrogens (tertiary/aromatic N) is 6. The number of carbonyl (C=O) groups is 1. The number of ether oxygens (including phenoxy) is 3. The third-order valence-electron chi connectivity index (χ3n) is 6.62. The zero-order valence-electron chi connectivity index (χ0n) is 22.5. The van der Waals surface area contributed by atoms with Crippen LogP contribution in [0.5, 0.6) is 11.5 Å². The number of hydrogen-bond acceptors (Lipinski definition) is 11. The van der Waals surface area contributed by atoms with Gasteiger partial charge in [0.25, 0.3) is 5.91 Å². The number of carbonyl (C=O) groups excluding carboxylic acids is 1. The minimum atomic E-state index is -1.12. The molecule has 39 heavy (non-hydrogen) atoms. The number of methoxy groups -OCH3 is 1. The maximum atomic E-state index is 12.8. The Balaban J connectivity index is 1.45. The molecule has 5 rings (SSSR count). The number of fused-ring (bicyclic) bond motifs is 3. The highest BCUT2D eigenvalue weighted by molar-refractivity contribution is 5.96. The molecule has 1 fully saturated rings. The van der Waals surface area contributed by atoms with Gasteiger partial charge in [0, 0.05) is 50.5 Å². The third-order valence-corrected chi connectivity index (χ3v) is 6.62. The van der Waals surface area contributed by atoms with Crippen LogP contribution in [-0.4, -0.2) is 93.1 Å². The number of aliphatic hydroxyl groups is 1. The first-order valence-electron chi connectivity index (χ1n) is 12.9. The Hall–Kier alpha value is -3.81. The van der Waals surface area contributed by atoms with Gasteiger partial charge < -0.3 is 30.4 Å². The summed E-state index contributed by atoms with van der Waals surface area (Å²) >= 11 is 0. The van der Waals surface area contributed by atoms with Gasteiger partial charge in [0.1, 0.15) is 23.5 Å². The Kier molecular flexibility index (Phi) is 7.38. The third kappa shape index (κ3) is 5.79. The molecule has 2 aliphatic rings. The first-order valence-corrected chi connectivity index (χ1v) is 12.9. The molecule has 1 aromatic carbocycles. The van der Waals surface area contributed by atoms with Gasteiger partial charge in [0.15, 0.2) is 11.5 Å². The molecule has 3 atom stereocenters. The van der Waals surface area contributed by atoms with E-state index in [0.29, 0.717) is 36.6 Å². The van der Waals surface area contributed by atoms with Crippen LogP contribution in [0.15, 0.2) is 29.5 Å². The molecule has 0 radical (unpaired) electrons. The van der Waals surface area contributed by atoms with Gasteiger partial charge in [-0.2, -0.15) is 4.99 Å². The molecule has 0 spiro atoms. The number of hydrogen-bond donors (Lipinski definition) is 3. The molecule has 4 N–H and O–H groups in total. The molecule has 3 aromatic rings. The van der Waals surface area contributed by atoms with Crippen molar-refractivity contribution in [2.24, 2.45) is 4.99 Å². The summed E-state index contributed by atoms with van der Waals surface area (Å²) in [6, 6.07) is 3.68. The summed E-state index contributed by atoms with van der Waals surface area (Å²) in [5, 5.41) is 15.3. The second-order valence-electron chi connectivity index (χ2n) is 10.3. The van der Waals surface area contributed by atoms with E-state index in [1.54, 1.807) is 13.0 Å². The Morgan fingerprint density at radius 3 is 2.69 bits per heavy atom. The van der Waals surface area contributed by atoms with Gasteiger partial charge in [-0.15, -0.1) is 0 Å². The molecule has 0 bridgehead atoms. The number of morpholine rings is 1. The number of aromatic nitrogens is 4. The summed E-state index contributed by atoms with van der Waals surface area (Å²) in [4.78, 5) is 31.7. The molecular formula is C26H34N8O5. The highest BCUT2D eigenvalue weighted by Gasteiger charge is 2.31. The van der Waals surface area contributed by atoms with Crippen molar-refractivity contribution in [2.75, 3.05) is 50.9 Å². The van der Waals surface area contributed by atoms with E-state index < -0.39 is 11.5 Å². The summed E-state index contributed by atoms with van der Waals surface area (Å²) < 4.78 is 19.5. The van der Waals surface area contributed by atoms with Gasteiger partial charge in [-0.3, -0.25) is 14.3 Å². The smallest absolute Gasteiger partial charge is 0.283 e. The fourth-order valence-corrected chi connectivity index (χ4v) is 5.12. The van der Waals surface area contributed by atoms with Gasteiger partial charge in [-0.25, -0.2) is 15.0 Å². The first kappa shape index (κ1) is 26.8. The Morgan fingerprint density at radius 1 is 1.28 bits per heavy atom. The van der Waals surface area contributed by atoms with E-state index in [2.05, 4.69) is 25.2 Å². The van der Waals surface area contributed by atoms with Crippen LogP contribution >= 0.6 is 0 Å². The number of benzene rings is 1. The van der Waals surface area contributed by atoms with Crippen molar-refractivity contribution in [2.45, 2.75) is 45.1 Å². The molecule has 0 unspecified atom stereocenters. The average Bonchev–Trinajstić information content (AvgIpc) is 3.37. The summed E-state index contributed by atoms with van der Waals surface area (Å²) in [5.41, 5.74) is 5.30. The van der Waals surface area contributed by atoms with E-state index in [4.69, 9.17) is 24.9 Å². The van der Waals surface area contributed by atoms with E-state index in [1.807, 2.05) is 24.5 Å². The summed E-state index contributed by atoms with van der Waals surface area (Å²) in [6.45, 7) is 9.02. The van der Waals surface area contributed by atoms with Crippen LogP contribution in [0.3, 0.4) is 0 Å². The molecule has 1 amide bonds. The van der Waals surface area contributed by atoms with Crippen molar-refractivity contribution in [1.82, 2.24) is 24.4 Å². The van der Waals surface area contributed by atoms with Crippen molar-refractivity contribution >= 4 is 28.6 Å². The Labute approximate surface area is 225 Å². The average molecular weight is 539 g/mol. The maximum Gasteiger partial charge on any atom is 0.283 e. The van der Waals surface area contributed by atoms with Crippen molar-refractivity contribution in [1.29, 1.82) is 0 Å². The number of nitrogen functional groups attached to an aromatic ring is 1. The molecule has 0 aliphatic carbocycles. The number of β-amino-alcohol motifs (C(OH)–C–C–N with tert-alkyl or cyclic N) is 1. The van der Waals surface area contributed by atoms with Crippen LogP contribution < -0.4 is 26.1 Å². The lowest BCUT2D eigenvalue weighted by atomic mass is 10.1. The normalized spacial score (nSPS) is 21.3. The van der Waals surface area contributed by atoms with E-state index >= 15 is 0 Å². The van der Waals surface area contributed by atoms with Crippen LogP contribution in [0.25, 0.3) is 10.9 Å².